The van der Waals surface area contributed by atoms with Crippen molar-refractivity contribution in [2.75, 3.05) is 19.6 Å². The van der Waals surface area contributed by atoms with E-state index < -0.39 is 0 Å². The van der Waals surface area contributed by atoms with Gasteiger partial charge in [0.1, 0.15) is 0 Å². The van der Waals surface area contributed by atoms with Gasteiger partial charge in [-0.05, 0) is 19.4 Å². The first-order valence-corrected chi connectivity index (χ1v) is 4.90. The van der Waals surface area contributed by atoms with E-state index in [0.717, 1.165) is 26.1 Å². The van der Waals surface area contributed by atoms with Gasteiger partial charge in [-0.15, -0.1) is 0 Å². The van der Waals surface area contributed by atoms with Crippen LogP contribution in [0.15, 0.2) is 0 Å². The molecule has 2 rings (SSSR count). The second kappa shape index (κ2) is 3.44. The number of carbonyl (C=O) groups excluding carboxylic acids is 1. The number of nitrogens with one attached hydrogen (secondary N) is 1. The average molecular weight is 168 g/mol. The Labute approximate surface area is 73.1 Å². The van der Waals surface area contributed by atoms with Crippen molar-refractivity contribution < 1.29 is 4.79 Å². The van der Waals surface area contributed by atoms with Gasteiger partial charge in [0.25, 0.3) is 0 Å². The van der Waals surface area contributed by atoms with E-state index in [0.29, 0.717) is 0 Å². The molecule has 1 unspecified atom stereocenters. The second-order valence-electron chi connectivity index (χ2n) is 3.69. The summed E-state index contributed by atoms with van der Waals surface area (Å²) in [4.78, 5) is 13.8. The molecule has 12 heavy (non-hydrogen) atoms. The van der Waals surface area contributed by atoms with Gasteiger partial charge >= 0.3 is 0 Å². The predicted molar refractivity (Wildman–Crippen MR) is 46.8 cm³/mol. The van der Waals surface area contributed by atoms with E-state index in [1.165, 1.54) is 19.3 Å². The highest BCUT2D eigenvalue weighted by Crippen LogP contribution is 2.17. The molecular weight excluding hydrogens is 152 g/mol. The SMILES string of the molecule is O=C1NCCN2CCCCCC12. The number of carbonyl (C=O) groups is 1. The van der Waals surface area contributed by atoms with Gasteiger partial charge in [0.2, 0.25) is 5.91 Å². The van der Waals surface area contributed by atoms with Crippen LogP contribution in [-0.4, -0.2) is 36.5 Å². The minimum absolute atomic E-state index is 0.196. The number of nitrogens with zero attached hydrogens (tertiary/aromatic N) is 1. The van der Waals surface area contributed by atoms with Crippen LogP contribution in [0, 0.1) is 0 Å². The zero-order valence-corrected chi connectivity index (χ0v) is 7.38. The van der Waals surface area contributed by atoms with E-state index in [1.807, 2.05) is 0 Å². The largest absolute Gasteiger partial charge is 0.353 e. The number of fused-ring (bicyclic) bond motifs is 1. The molecule has 2 aliphatic heterocycles. The Bertz CT molecular complexity index is 181. The summed E-state index contributed by atoms with van der Waals surface area (Å²) in [6.45, 7) is 3.02. The molecule has 0 spiro atoms. The molecule has 0 aliphatic carbocycles. The first-order valence-electron chi connectivity index (χ1n) is 4.90. The number of piperazine rings is 1. The lowest BCUT2D eigenvalue weighted by Crippen LogP contribution is -2.54. The first-order chi connectivity index (χ1) is 5.88. The Kier molecular flexibility index (Phi) is 2.30. The van der Waals surface area contributed by atoms with Gasteiger partial charge in [0, 0.05) is 13.1 Å². The van der Waals surface area contributed by atoms with Gasteiger partial charge < -0.3 is 5.32 Å². The molecule has 68 valence electrons. The number of hydrogen-bond donors (Lipinski definition) is 1. The third kappa shape index (κ3) is 1.46. The van der Waals surface area contributed by atoms with E-state index in [9.17, 15) is 4.79 Å². The molecule has 2 heterocycles. The maximum absolute atomic E-state index is 11.4. The average Bonchev–Trinajstić information content (AvgIpc) is 2.30. The molecular formula is C9H16N2O. The van der Waals surface area contributed by atoms with Crippen molar-refractivity contribution in [1.29, 1.82) is 0 Å². The van der Waals surface area contributed by atoms with Gasteiger partial charge in [0.05, 0.1) is 6.04 Å². The fourth-order valence-corrected chi connectivity index (χ4v) is 2.17. The Morgan fingerprint density at radius 2 is 2.17 bits per heavy atom. The molecule has 0 saturated carbocycles. The summed E-state index contributed by atoms with van der Waals surface area (Å²) < 4.78 is 0. The van der Waals surface area contributed by atoms with Crippen LogP contribution in [0.25, 0.3) is 0 Å². The topological polar surface area (TPSA) is 32.3 Å². The van der Waals surface area contributed by atoms with Gasteiger partial charge in [-0.3, -0.25) is 9.69 Å². The smallest absolute Gasteiger partial charge is 0.237 e. The number of rotatable bonds is 0. The van der Waals surface area contributed by atoms with Crippen molar-refractivity contribution >= 4 is 5.91 Å². The quantitative estimate of drug-likeness (QED) is 0.566. The Balaban J connectivity index is 2.05. The minimum Gasteiger partial charge on any atom is -0.353 e. The molecule has 0 radical (unpaired) electrons. The molecule has 3 heteroatoms. The first kappa shape index (κ1) is 8.05. The highest BCUT2D eigenvalue weighted by Gasteiger charge is 2.29. The second-order valence-corrected chi connectivity index (χ2v) is 3.69. The molecule has 0 aromatic carbocycles. The van der Waals surface area contributed by atoms with Crippen molar-refractivity contribution in [3.05, 3.63) is 0 Å². The highest BCUT2D eigenvalue weighted by molar-refractivity contribution is 5.82. The van der Waals surface area contributed by atoms with Gasteiger partial charge in [-0.1, -0.05) is 12.8 Å². The highest BCUT2D eigenvalue weighted by atomic mass is 16.2. The van der Waals surface area contributed by atoms with Crippen molar-refractivity contribution in [1.82, 2.24) is 10.2 Å². The number of amides is 1. The zero-order valence-electron chi connectivity index (χ0n) is 7.38. The Hall–Kier alpha value is -0.570. The van der Waals surface area contributed by atoms with E-state index in [-0.39, 0.29) is 11.9 Å². The summed E-state index contributed by atoms with van der Waals surface area (Å²) in [5.41, 5.74) is 0. The lowest BCUT2D eigenvalue weighted by molar-refractivity contribution is -0.128. The van der Waals surface area contributed by atoms with Crippen molar-refractivity contribution in [2.24, 2.45) is 0 Å². The molecule has 2 saturated heterocycles. The van der Waals surface area contributed by atoms with Crippen LogP contribution in [0.1, 0.15) is 25.7 Å². The van der Waals surface area contributed by atoms with Gasteiger partial charge in [-0.25, -0.2) is 0 Å². The molecule has 1 amide bonds. The summed E-state index contributed by atoms with van der Waals surface area (Å²) in [5.74, 6) is 0.253. The third-order valence-corrected chi connectivity index (χ3v) is 2.86. The fraction of sp³-hybridized carbons (Fsp3) is 0.889. The van der Waals surface area contributed by atoms with Gasteiger partial charge in [0.15, 0.2) is 0 Å². The Morgan fingerprint density at radius 3 is 3.08 bits per heavy atom. The Morgan fingerprint density at radius 1 is 1.25 bits per heavy atom. The minimum atomic E-state index is 0.196. The van der Waals surface area contributed by atoms with Crippen molar-refractivity contribution in [2.45, 2.75) is 31.7 Å². The monoisotopic (exact) mass is 168 g/mol. The molecule has 0 aromatic rings. The predicted octanol–water partition coefficient (Wildman–Crippen LogP) is 0.361. The third-order valence-electron chi connectivity index (χ3n) is 2.86. The maximum Gasteiger partial charge on any atom is 0.237 e. The van der Waals surface area contributed by atoms with E-state index in [4.69, 9.17) is 0 Å². The maximum atomic E-state index is 11.4. The molecule has 2 aliphatic rings. The van der Waals surface area contributed by atoms with Crippen LogP contribution in [0.4, 0.5) is 0 Å². The standard InChI is InChI=1S/C9H16N2O/c12-9-8-4-2-1-3-6-11(8)7-5-10-9/h8H,1-7H2,(H,10,12). The summed E-state index contributed by atoms with van der Waals surface area (Å²) in [5, 5.41) is 2.93. The summed E-state index contributed by atoms with van der Waals surface area (Å²) >= 11 is 0. The van der Waals surface area contributed by atoms with Crippen LogP contribution in [0.2, 0.25) is 0 Å². The van der Waals surface area contributed by atoms with E-state index in [1.54, 1.807) is 0 Å². The van der Waals surface area contributed by atoms with Crippen LogP contribution in [-0.2, 0) is 4.79 Å². The van der Waals surface area contributed by atoms with Crippen molar-refractivity contribution in [3.63, 3.8) is 0 Å². The molecule has 3 nitrogen and oxygen atoms in total. The fourth-order valence-electron chi connectivity index (χ4n) is 2.17. The van der Waals surface area contributed by atoms with Crippen LogP contribution in [0.5, 0.6) is 0 Å². The van der Waals surface area contributed by atoms with Crippen LogP contribution < -0.4 is 5.32 Å². The zero-order chi connectivity index (χ0) is 8.39. The van der Waals surface area contributed by atoms with Crippen LogP contribution in [0.3, 0.4) is 0 Å². The molecule has 1 N–H and O–H groups in total. The summed E-state index contributed by atoms with van der Waals surface area (Å²) in [6, 6.07) is 0.196. The number of hydrogen-bond acceptors (Lipinski definition) is 2. The summed E-state index contributed by atoms with van der Waals surface area (Å²) in [7, 11) is 0. The molecule has 1 atom stereocenters. The molecule has 0 bridgehead atoms. The molecule has 2 fully saturated rings. The van der Waals surface area contributed by atoms with E-state index in [2.05, 4.69) is 10.2 Å². The lowest BCUT2D eigenvalue weighted by Gasteiger charge is -2.33. The molecule has 0 aromatic heterocycles. The van der Waals surface area contributed by atoms with Crippen molar-refractivity contribution in [3.8, 4) is 0 Å². The van der Waals surface area contributed by atoms with Gasteiger partial charge in [-0.2, -0.15) is 0 Å². The van der Waals surface area contributed by atoms with E-state index >= 15 is 0 Å². The summed E-state index contributed by atoms with van der Waals surface area (Å²) in [6.07, 6.45) is 4.84. The normalized spacial score (nSPS) is 32.0. The lowest BCUT2D eigenvalue weighted by atomic mass is 10.1. The van der Waals surface area contributed by atoms with Crippen LogP contribution >= 0.6 is 0 Å².